The molecule has 0 radical (unpaired) electrons. The molecule has 174 valence electrons. The topological polar surface area (TPSA) is 100 Å². The van der Waals surface area contributed by atoms with Crippen LogP contribution in [0.3, 0.4) is 0 Å². The molecule has 0 saturated carbocycles. The number of nitrogens with one attached hydrogen (secondary N) is 2. The highest BCUT2D eigenvalue weighted by atomic mass is 19.1. The molecular formula is C26H26FN5O2. The quantitative estimate of drug-likeness (QED) is 0.385. The molecule has 1 fully saturated rings. The summed E-state index contributed by atoms with van der Waals surface area (Å²) in [5.41, 5.74) is 9.03. The predicted octanol–water partition coefficient (Wildman–Crippen LogP) is 3.74. The number of carbonyl (C=O) groups excluding carboxylic acids is 2. The molecule has 0 bridgehead atoms. The van der Waals surface area contributed by atoms with Crippen LogP contribution >= 0.6 is 0 Å². The maximum Gasteiger partial charge on any atom is 0.248 e. The molecule has 1 aliphatic rings. The minimum Gasteiger partial charge on any atom is -0.397 e. The number of para-hydroxylation sites is 2. The van der Waals surface area contributed by atoms with Crippen molar-refractivity contribution in [2.75, 3.05) is 36.5 Å². The Hall–Kier alpha value is -4.04. The number of hydrogen-bond acceptors (Lipinski definition) is 5. The fourth-order valence-electron chi connectivity index (χ4n) is 4.03. The van der Waals surface area contributed by atoms with Gasteiger partial charge in [0.1, 0.15) is 5.82 Å². The summed E-state index contributed by atoms with van der Waals surface area (Å²) < 4.78 is 13.1. The fourth-order valence-corrected chi connectivity index (χ4v) is 4.03. The van der Waals surface area contributed by atoms with Crippen molar-refractivity contribution in [1.82, 2.24) is 9.88 Å². The van der Waals surface area contributed by atoms with E-state index in [4.69, 9.17) is 5.73 Å². The first kappa shape index (κ1) is 23.1. The number of benzene rings is 2. The Kier molecular flexibility index (Phi) is 6.98. The molecule has 2 atom stereocenters. The zero-order valence-electron chi connectivity index (χ0n) is 18.7. The van der Waals surface area contributed by atoms with Gasteiger partial charge in [-0.1, -0.05) is 18.2 Å². The Morgan fingerprint density at radius 3 is 2.53 bits per heavy atom. The summed E-state index contributed by atoms with van der Waals surface area (Å²) in [5, 5.41) is 5.62. The third kappa shape index (κ3) is 5.65. The van der Waals surface area contributed by atoms with Gasteiger partial charge in [0, 0.05) is 42.7 Å². The van der Waals surface area contributed by atoms with Crippen molar-refractivity contribution in [3.05, 3.63) is 90.0 Å². The third-order valence-electron chi connectivity index (χ3n) is 5.79. The van der Waals surface area contributed by atoms with Crippen LogP contribution in [0.4, 0.5) is 21.5 Å². The van der Waals surface area contributed by atoms with Crippen molar-refractivity contribution in [2.45, 2.75) is 5.92 Å². The summed E-state index contributed by atoms with van der Waals surface area (Å²) in [6.07, 6.45) is 4.78. The second kappa shape index (κ2) is 10.3. The van der Waals surface area contributed by atoms with E-state index in [1.807, 2.05) is 19.2 Å². The first-order valence-corrected chi connectivity index (χ1v) is 10.9. The molecule has 0 spiro atoms. The van der Waals surface area contributed by atoms with Crippen molar-refractivity contribution in [3.8, 4) is 0 Å². The summed E-state index contributed by atoms with van der Waals surface area (Å²) in [5.74, 6) is -1.13. The number of nitrogens with two attached hydrogens (primary N) is 1. The molecule has 3 aromatic rings. The minimum atomic E-state index is -0.350. The van der Waals surface area contributed by atoms with E-state index in [0.29, 0.717) is 30.2 Å². The van der Waals surface area contributed by atoms with Gasteiger partial charge in [0.05, 0.1) is 17.3 Å². The van der Waals surface area contributed by atoms with E-state index in [2.05, 4.69) is 20.5 Å². The SMILES string of the molecule is CN1CC(C(=O)Nc2ccc(F)cc2)C(c2ccc(/C=C/C(=O)Nc3ccccc3N)cn2)C1. The van der Waals surface area contributed by atoms with E-state index < -0.39 is 0 Å². The second-order valence-electron chi connectivity index (χ2n) is 8.36. The van der Waals surface area contributed by atoms with Crippen molar-refractivity contribution >= 4 is 35.0 Å². The van der Waals surface area contributed by atoms with Crippen LogP contribution < -0.4 is 16.4 Å². The van der Waals surface area contributed by atoms with Crippen LogP contribution in [0.2, 0.25) is 0 Å². The number of anilines is 3. The molecule has 1 aromatic heterocycles. The Bertz CT molecular complexity index is 1190. The van der Waals surface area contributed by atoms with Crippen molar-refractivity contribution < 1.29 is 14.0 Å². The van der Waals surface area contributed by atoms with Gasteiger partial charge in [-0.05, 0) is 61.2 Å². The van der Waals surface area contributed by atoms with Gasteiger partial charge in [0.2, 0.25) is 11.8 Å². The highest BCUT2D eigenvalue weighted by molar-refractivity contribution is 6.03. The van der Waals surface area contributed by atoms with Crippen molar-refractivity contribution in [1.29, 1.82) is 0 Å². The van der Waals surface area contributed by atoms with Crippen LogP contribution in [-0.2, 0) is 9.59 Å². The highest BCUT2D eigenvalue weighted by Crippen LogP contribution is 2.32. The van der Waals surface area contributed by atoms with E-state index in [1.165, 1.54) is 18.2 Å². The molecule has 1 saturated heterocycles. The van der Waals surface area contributed by atoms with Gasteiger partial charge < -0.3 is 21.3 Å². The first-order valence-electron chi connectivity index (χ1n) is 10.9. The van der Waals surface area contributed by atoms with Gasteiger partial charge in [0.25, 0.3) is 0 Å². The van der Waals surface area contributed by atoms with Crippen LogP contribution in [0.15, 0.2) is 72.9 Å². The van der Waals surface area contributed by atoms with Gasteiger partial charge in [0.15, 0.2) is 0 Å². The maximum absolute atomic E-state index is 13.1. The molecule has 2 unspecified atom stereocenters. The number of hydrogen-bond donors (Lipinski definition) is 3. The van der Waals surface area contributed by atoms with Gasteiger partial charge >= 0.3 is 0 Å². The molecule has 0 aliphatic carbocycles. The van der Waals surface area contributed by atoms with E-state index in [0.717, 1.165) is 11.3 Å². The van der Waals surface area contributed by atoms with Gasteiger partial charge in [-0.25, -0.2) is 4.39 Å². The summed E-state index contributed by atoms with van der Waals surface area (Å²) in [7, 11) is 1.97. The maximum atomic E-state index is 13.1. The fraction of sp³-hybridized carbons (Fsp3) is 0.192. The minimum absolute atomic E-state index is 0.0761. The van der Waals surface area contributed by atoms with Crippen LogP contribution in [0, 0.1) is 11.7 Å². The van der Waals surface area contributed by atoms with Gasteiger partial charge in [-0.3, -0.25) is 14.6 Å². The normalized spacial score (nSPS) is 18.2. The Morgan fingerprint density at radius 2 is 1.82 bits per heavy atom. The van der Waals surface area contributed by atoms with Crippen LogP contribution in [0.1, 0.15) is 17.2 Å². The van der Waals surface area contributed by atoms with E-state index in [9.17, 15) is 14.0 Å². The molecule has 7 nitrogen and oxygen atoms in total. The van der Waals surface area contributed by atoms with Crippen LogP contribution in [0.25, 0.3) is 6.08 Å². The summed E-state index contributed by atoms with van der Waals surface area (Å²) >= 11 is 0. The Labute approximate surface area is 197 Å². The van der Waals surface area contributed by atoms with Gasteiger partial charge in [-0.2, -0.15) is 0 Å². The average molecular weight is 460 g/mol. The van der Waals surface area contributed by atoms with E-state index in [1.54, 1.807) is 48.7 Å². The monoisotopic (exact) mass is 459 g/mol. The number of nitrogens with zero attached hydrogens (tertiary/aromatic N) is 2. The number of nitrogen functional groups attached to an aromatic ring is 1. The number of aromatic nitrogens is 1. The molecule has 2 heterocycles. The zero-order valence-corrected chi connectivity index (χ0v) is 18.7. The average Bonchev–Trinajstić information content (AvgIpc) is 3.23. The molecule has 34 heavy (non-hydrogen) atoms. The molecule has 4 N–H and O–H groups in total. The highest BCUT2D eigenvalue weighted by Gasteiger charge is 2.37. The van der Waals surface area contributed by atoms with E-state index >= 15 is 0 Å². The molecular weight excluding hydrogens is 433 g/mol. The molecule has 8 heteroatoms. The number of likely N-dealkylation sites (N-methyl/N-ethyl adjacent to an activating group) is 1. The number of carbonyl (C=O) groups is 2. The lowest BCUT2D eigenvalue weighted by Crippen LogP contribution is -2.28. The van der Waals surface area contributed by atoms with Crippen LogP contribution in [-0.4, -0.2) is 41.8 Å². The molecule has 2 aromatic carbocycles. The van der Waals surface area contributed by atoms with Gasteiger partial charge in [-0.15, -0.1) is 0 Å². The largest absolute Gasteiger partial charge is 0.397 e. The van der Waals surface area contributed by atoms with Crippen molar-refractivity contribution in [3.63, 3.8) is 0 Å². The summed E-state index contributed by atoms with van der Waals surface area (Å²) in [4.78, 5) is 31.8. The van der Waals surface area contributed by atoms with E-state index in [-0.39, 0.29) is 29.5 Å². The molecule has 1 aliphatic heterocycles. The number of amides is 2. The number of likely N-dealkylation sites (tertiary alicyclic amines) is 1. The summed E-state index contributed by atoms with van der Waals surface area (Å²) in [6.45, 7) is 1.30. The smallest absolute Gasteiger partial charge is 0.248 e. The predicted molar refractivity (Wildman–Crippen MR) is 132 cm³/mol. The Balaban J connectivity index is 1.40. The molecule has 2 amide bonds. The second-order valence-corrected chi connectivity index (χ2v) is 8.36. The molecule has 4 rings (SSSR count). The summed E-state index contributed by atoms with van der Waals surface area (Å²) in [6, 6.07) is 16.5. The first-order chi connectivity index (χ1) is 16.4. The standard InChI is InChI=1S/C26H26FN5O2/c1-32-15-20(21(16-32)26(34)30-19-10-8-18(27)9-11-19)23-12-6-17(14-29-23)7-13-25(33)31-24-5-3-2-4-22(24)28/h2-14,20-21H,15-16,28H2,1H3,(H,30,34)(H,31,33)/b13-7+. The number of rotatable bonds is 6. The number of halogens is 1. The number of pyridine rings is 1. The third-order valence-corrected chi connectivity index (χ3v) is 5.79. The van der Waals surface area contributed by atoms with Crippen LogP contribution in [0.5, 0.6) is 0 Å². The lowest BCUT2D eigenvalue weighted by molar-refractivity contribution is -0.120. The zero-order chi connectivity index (χ0) is 24.1. The lowest BCUT2D eigenvalue weighted by Gasteiger charge is -2.18. The Morgan fingerprint density at radius 1 is 1.06 bits per heavy atom. The lowest BCUT2D eigenvalue weighted by atomic mass is 9.91. The van der Waals surface area contributed by atoms with Crippen molar-refractivity contribution in [2.24, 2.45) is 5.92 Å².